The highest BCUT2D eigenvalue weighted by molar-refractivity contribution is 5.96. The normalized spacial score (nSPS) is 24.2. The first-order valence-corrected chi connectivity index (χ1v) is 10.8. The molecule has 1 saturated heterocycles. The van der Waals surface area contributed by atoms with Gasteiger partial charge in [-0.1, -0.05) is 12.1 Å². The van der Waals surface area contributed by atoms with E-state index in [9.17, 15) is 24.6 Å². The van der Waals surface area contributed by atoms with Gasteiger partial charge in [-0.2, -0.15) is 0 Å². The number of carboxylic acid groups (broad SMARTS) is 2. The fraction of sp³-hybridized carbons (Fsp3) is 0.381. The molecule has 1 fully saturated rings. The molecule has 0 saturated carbocycles. The van der Waals surface area contributed by atoms with Crippen molar-refractivity contribution in [3.05, 3.63) is 41.3 Å². The highest BCUT2D eigenvalue weighted by Gasteiger charge is 2.55. The third kappa shape index (κ3) is 4.74. The van der Waals surface area contributed by atoms with Gasteiger partial charge in [0.1, 0.15) is 23.7 Å². The molecule has 186 valence electrons. The number of aliphatic carboxylic acids is 2. The van der Waals surface area contributed by atoms with Crippen LogP contribution in [0.15, 0.2) is 45.8 Å². The number of aliphatic hydroxyl groups is 1. The summed E-state index contributed by atoms with van der Waals surface area (Å²) in [7, 11) is 0. The number of benzene rings is 1. The van der Waals surface area contributed by atoms with Gasteiger partial charge in [-0.3, -0.25) is 14.6 Å². The first-order chi connectivity index (χ1) is 16.6. The molecule has 10 N–H and O–H groups in total. The van der Waals surface area contributed by atoms with Crippen molar-refractivity contribution in [2.24, 2.45) is 21.5 Å². The van der Waals surface area contributed by atoms with Crippen molar-refractivity contribution in [2.45, 2.75) is 30.7 Å². The minimum atomic E-state index is -1.86. The van der Waals surface area contributed by atoms with Crippen LogP contribution in [0.4, 0.5) is 5.69 Å². The van der Waals surface area contributed by atoms with Crippen LogP contribution in [0.5, 0.6) is 0 Å². The molecule has 0 radical (unpaired) electrons. The van der Waals surface area contributed by atoms with Gasteiger partial charge in [0.05, 0.1) is 25.3 Å². The van der Waals surface area contributed by atoms with E-state index in [1.807, 2.05) is 0 Å². The molecular weight excluding hydrogens is 460 g/mol. The van der Waals surface area contributed by atoms with Gasteiger partial charge in [0.25, 0.3) is 5.91 Å². The van der Waals surface area contributed by atoms with E-state index < -0.39 is 42.1 Å². The second kappa shape index (κ2) is 9.23. The van der Waals surface area contributed by atoms with Gasteiger partial charge < -0.3 is 47.6 Å². The molecule has 14 nitrogen and oxygen atoms in total. The summed E-state index contributed by atoms with van der Waals surface area (Å²) in [5.41, 5.74) is 12.1. The minimum Gasteiger partial charge on any atom is -0.481 e. The number of rotatable bonds is 9. The number of aliphatic imine (C=N–C) groups is 2. The molecule has 0 bridgehead atoms. The van der Waals surface area contributed by atoms with Gasteiger partial charge in [-0.15, -0.1) is 0 Å². The van der Waals surface area contributed by atoms with E-state index in [1.165, 1.54) is 0 Å². The quantitative estimate of drug-likeness (QED) is 0.176. The van der Waals surface area contributed by atoms with Crippen LogP contribution in [0.25, 0.3) is 0 Å². The molecule has 1 aromatic rings. The summed E-state index contributed by atoms with van der Waals surface area (Å²) < 4.78 is 0. The molecule has 14 heteroatoms. The number of β-amino-alcohol motifs (C(OH)–C–C–N with tert-alkyl or cyclic N) is 1. The largest absolute Gasteiger partial charge is 0.481 e. The number of amides is 1. The van der Waals surface area contributed by atoms with E-state index in [2.05, 4.69) is 25.9 Å². The lowest BCUT2D eigenvalue weighted by Gasteiger charge is -2.47. The van der Waals surface area contributed by atoms with Crippen LogP contribution in [-0.4, -0.2) is 81.6 Å². The lowest BCUT2D eigenvalue weighted by atomic mass is 9.83. The maximum Gasteiger partial charge on any atom is 0.326 e. The predicted molar refractivity (Wildman–Crippen MR) is 124 cm³/mol. The number of guanidine groups is 1. The zero-order valence-electron chi connectivity index (χ0n) is 18.6. The number of hydrogen-bond acceptors (Lipinski definition) is 11. The van der Waals surface area contributed by atoms with Crippen LogP contribution in [-0.2, 0) is 20.0 Å². The Hall–Kier alpha value is -4.17. The first kappa shape index (κ1) is 24.0. The number of nitrogens with one attached hydrogen (secondary N) is 3. The molecule has 0 spiro atoms. The zero-order valence-corrected chi connectivity index (χ0v) is 18.6. The van der Waals surface area contributed by atoms with E-state index >= 15 is 0 Å². The molecule has 4 rings (SSSR count). The summed E-state index contributed by atoms with van der Waals surface area (Å²) in [6.07, 6.45) is -1.31. The number of anilines is 1. The second-order valence-corrected chi connectivity index (χ2v) is 8.39. The summed E-state index contributed by atoms with van der Waals surface area (Å²) in [4.78, 5) is 44.5. The smallest absolute Gasteiger partial charge is 0.326 e. The Morgan fingerprint density at radius 2 is 2.00 bits per heavy atom. The minimum absolute atomic E-state index is 0.217. The summed E-state index contributed by atoms with van der Waals surface area (Å²) in [5.74, 6) is -2.41. The Bertz CT molecular complexity index is 1150. The molecule has 1 aromatic carbocycles. The Morgan fingerprint density at radius 3 is 2.63 bits per heavy atom. The SMILES string of the molecule is NC1=NC(N)C2=C(NCC(CNc3ccc(C4(O)CN(C(CCC(=O)O)C(=O)O)C4=O)cc3)=N2)N1. The molecule has 3 unspecified atom stereocenters. The van der Waals surface area contributed by atoms with Gasteiger partial charge in [0, 0.05) is 12.1 Å². The van der Waals surface area contributed by atoms with Crippen molar-refractivity contribution < 1.29 is 29.7 Å². The monoisotopic (exact) mass is 486 g/mol. The molecule has 0 aromatic heterocycles. The standard InChI is InChI=1S/C21H26N8O6/c22-16-15-17(28-20(23)27-16)25-8-12(26-15)7-24-11-3-1-10(2-4-11)21(35)9-29(19(21)34)13(18(32)33)5-6-14(30)31/h1-4,13,16,24-25,35H,5-9,22H2,(H,30,31)(H,32,33)(H3,23,27,28). The zero-order chi connectivity index (χ0) is 25.3. The lowest BCUT2D eigenvalue weighted by molar-refractivity contribution is -0.187. The Labute approximate surface area is 199 Å². The van der Waals surface area contributed by atoms with Gasteiger partial charge >= 0.3 is 11.9 Å². The number of carboxylic acids is 2. The maximum atomic E-state index is 12.6. The fourth-order valence-electron chi connectivity index (χ4n) is 4.08. The van der Waals surface area contributed by atoms with E-state index in [-0.39, 0.29) is 18.9 Å². The Balaban J connectivity index is 1.36. The molecule has 3 aliphatic heterocycles. The van der Waals surface area contributed by atoms with E-state index in [0.717, 1.165) is 10.6 Å². The van der Waals surface area contributed by atoms with E-state index in [1.54, 1.807) is 24.3 Å². The molecular formula is C21H26N8O6. The van der Waals surface area contributed by atoms with Crippen LogP contribution < -0.4 is 27.4 Å². The number of carbonyl (C=O) groups excluding carboxylic acids is 1. The van der Waals surface area contributed by atoms with E-state index in [4.69, 9.17) is 16.6 Å². The van der Waals surface area contributed by atoms with Crippen LogP contribution >= 0.6 is 0 Å². The van der Waals surface area contributed by atoms with Gasteiger partial charge in [-0.25, -0.2) is 9.79 Å². The maximum absolute atomic E-state index is 12.6. The Morgan fingerprint density at radius 1 is 1.29 bits per heavy atom. The Kier molecular flexibility index (Phi) is 6.32. The number of nitrogens with zero attached hydrogens (tertiary/aromatic N) is 3. The van der Waals surface area contributed by atoms with Crippen LogP contribution in [0, 0.1) is 0 Å². The highest BCUT2D eigenvalue weighted by atomic mass is 16.4. The van der Waals surface area contributed by atoms with Gasteiger partial charge in [-0.05, 0) is 24.1 Å². The van der Waals surface area contributed by atoms with Crippen molar-refractivity contribution in [2.75, 3.05) is 25.0 Å². The van der Waals surface area contributed by atoms with Crippen molar-refractivity contribution in [1.29, 1.82) is 0 Å². The summed E-state index contributed by atoms with van der Waals surface area (Å²) >= 11 is 0. The number of hydrogen-bond donors (Lipinski definition) is 8. The van der Waals surface area contributed by atoms with Crippen LogP contribution in [0.3, 0.4) is 0 Å². The highest BCUT2D eigenvalue weighted by Crippen LogP contribution is 2.36. The number of β-lactam (4-membered cyclic amide) rings is 1. The summed E-state index contributed by atoms with van der Waals surface area (Å²) in [5, 5.41) is 38.2. The molecule has 0 aliphatic carbocycles. The average Bonchev–Trinajstić information content (AvgIpc) is 2.82. The van der Waals surface area contributed by atoms with Crippen molar-refractivity contribution in [1.82, 2.24) is 15.5 Å². The topological polar surface area (TPSA) is 228 Å². The number of likely N-dealkylation sites (tertiary alicyclic amines) is 1. The molecule has 3 aliphatic rings. The third-order valence-corrected chi connectivity index (χ3v) is 5.98. The average molecular weight is 486 g/mol. The molecule has 3 atom stereocenters. The van der Waals surface area contributed by atoms with Gasteiger partial charge in [0.15, 0.2) is 11.6 Å². The third-order valence-electron chi connectivity index (χ3n) is 5.98. The number of carbonyl (C=O) groups is 3. The first-order valence-electron chi connectivity index (χ1n) is 10.8. The van der Waals surface area contributed by atoms with E-state index in [0.29, 0.717) is 35.9 Å². The second-order valence-electron chi connectivity index (χ2n) is 8.39. The summed E-state index contributed by atoms with van der Waals surface area (Å²) in [6, 6.07) is 5.20. The molecule has 1 amide bonds. The fourth-order valence-corrected chi connectivity index (χ4v) is 4.08. The van der Waals surface area contributed by atoms with Crippen molar-refractivity contribution in [3.63, 3.8) is 0 Å². The van der Waals surface area contributed by atoms with Crippen molar-refractivity contribution >= 4 is 35.2 Å². The molecule has 35 heavy (non-hydrogen) atoms. The van der Waals surface area contributed by atoms with Crippen molar-refractivity contribution in [3.8, 4) is 0 Å². The predicted octanol–water partition coefficient (Wildman–Crippen LogP) is -2.14. The lowest BCUT2D eigenvalue weighted by Crippen LogP contribution is -2.68. The van der Waals surface area contributed by atoms with Crippen LogP contribution in [0.1, 0.15) is 18.4 Å². The molecule has 3 heterocycles. The van der Waals surface area contributed by atoms with Gasteiger partial charge in [0.2, 0.25) is 0 Å². The number of nitrogens with two attached hydrogens (primary N) is 2. The summed E-state index contributed by atoms with van der Waals surface area (Å²) in [6.45, 7) is 0.625. The van der Waals surface area contributed by atoms with Crippen LogP contribution in [0.2, 0.25) is 0 Å².